The number of sulfonamides is 1. The van der Waals surface area contributed by atoms with Crippen LogP contribution >= 0.6 is 0 Å². The van der Waals surface area contributed by atoms with Crippen LogP contribution in [0.15, 0.2) is 17.2 Å². The Bertz CT molecular complexity index is 464. The predicted octanol–water partition coefficient (Wildman–Crippen LogP) is 1.98. The van der Waals surface area contributed by atoms with Crippen molar-refractivity contribution in [3.8, 4) is 0 Å². The molecule has 0 saturated carbocycles. The average molecular weight is 287 g/mol. The van der Waals surface area contributed by atoms with E-state index in [1.165, 1.54) is 0 Å². The molecule has 0 aliphatic heterocycles. The molecule has 0 aliphatic rings. The molecule has 1 heterocycles. The van der Waals surface area contributed by atoms with E-state index in [1.807, 2.05) is 13.8 Å². The third-order valence-corrected chi connectivity index (χ3v) is 4.58. The van der Waals surface area contributed by atoms with Crippen LogP contribution in [0, 0.1) is 0 Å². The Labute approximate surface area is 116 Å². The quantitative estimate of drug-likeness (QED) is 0.608. The Morgan fingerprint density at radius 2 is 1.95 bits per heavy atom. The first-order chi connectivity index (χ1) is 9.03. The van der Waals surface area contributed by atoms with Crippen molar-refractivity contribution in [1.29, 1.82) is 0 Å². The lowest BCUT2D eigenvalue weighted by Gasteiger charge is -2.13. The number of aromatic nitrogens is 1. The molecule has 1 aromatic heterocycles. The van der Waals surface area contributed by atoms with Crippen LogP contribution in [-0.2, 0) is 16.6 Å². The van der Waals surface area contributed by atoms with E-state index in [0.717, 1.165) is 31.5 Å². The van der Waals surface area contributed by atoms with Crippen molar-refractivity contribution < 1.29 is 8.42 Å². The summed E-state index contributed by atoms with van der Waals surface area (Å²) in [4.78, 5) is 3.31. The number of hydrogen-bond donors (Lipinski definition) is 3. The highest BCUT2D eigenvalue weighted by molar-refractivity contribution is 7.89. The van der Waals surface area contributed by atoms with Crippen molar-refractivity contribution >= 4 is 10.0 Å². The SMILES string of the molecule is CCCNCc1cc(S(=O)(=O)NC(CC)CC)c[nH]1. The van der Waals surface area contributed by atoms with E-state index >= 15 is 0 Å². The van der Waals surface area contributed by atoms with Crippen LogP contribution < -0.4 is 10.0 Å². The van der Waals surface area contributed by atoms with Gasteiger partial charge in [-0.3, -0.25) is 0 Å². The van der Waals surface area contributed by atoms with Crippen molar-refractivity contribution in [1.82, 2.24) is 15.0 Å². The second-order valence-electron chi connectivity index (χ2n) is 4.67. The molecule has 0 spiro atoms. The van der Waals surface area contributed by atoms with Crippen LogP contribution in [0.5, 0.6) is 0 Å². The number of H-pyrrole nitrogens is 1. The summed E-state index contributed by atoms with van der Waals surface area (Å²) < 4.78 is 27.0. The van der Waals surface area contributed by atoms with E-state index in [4.69, 9.17) is 0 Å². The van der Waals surface area contributed by atoms with Crippen LogP contribution in [0.25, 0.3) is 0 Å². The topological polar surface area (TPSA) is 74.0 Å². The van der Waals surface area contributed by atoms with E-state index in [-0.39, 0.29) is 6.04 Å². The van der Waals surface area contributed by atoms with Gasteiger partial charge >= 0.3 is 0 Å². The van der Waals surface area contributed by atoms with Gasteiger partial charge in [-0.15, -0.1) is 0 Å². The molecule has 19 heavy (non-hydrogen) atoms. The Morgan fingerprint density at radius 3 is 2.53 bits per heavy atom. The highest BCUT2D eigenvalue weighted by atomic mass is 32.2. The van der Waals surface area contributed by atoms with Crippen LogP contribution in [-0.4, -0.2) is 26.0 Å². The summed E-state index contributed by atoms with van der Waals surface area (Å²) in [5, 5.41) is 3.23. The second-order valence-corrected chi connectivity index (χ2v) is 6.39. The molecule has 6 heteroatoms. The maximum absolute atomic E-state index is 12.2. The molecule has 1 aromatic rings. The zero-order valence-electron chi connectivity index (χ0n) is 12.0. The molecule has 0 saturated heterocycles. The molecule has 0 bridgehead atoms. The van der Waals surface area contributed by atoms with E-state index in [9.17, 15) is 8.42 Å². The van der Waals surface area contributed by atoms with E-state index < -0.39 is 10.0 Å². The van der Waals surface area contributed by atoms with Crippen molar-refractivity contribution in [3.05, 3.63) is 18.0 Å². The van der Waals surface area contributed by atoms with Crippen LogP contribution in [0.2, 0.25) is 0 Å². The molecule has 0 atom stereocenters. The van der Waals surface area contributed by atoms with Gasteiger partial charge in [-0.25, -0.2) is 13.1 Å². The fourth-order valence-corrected chi connectivity index (χ4v) is 3.24. The molecule has 1 rings (SSSR count). The predicted molar refractivity (Wildman–Crippen MR) is 77.5 cm³/mol. The van der Waals surface area contributed by atoms with Gasteiger partial charge in [0.25, 0.3) is 0 Å². The number of aromatic amines is 1. The molecular formula is C13H25N3O2S. The van der Waals surface area contributed by atoms with Crippen molar-refractivity contribution in [2.75, 3.05) is 6.54 Å². The van der Waals surface area contributed by atoms with Gasteiger partial charge in [0.2, 0.25) is 10.0 Å². The molecular weight excluding hydrogens is 262 g/mol. The minimum Gasteiger partial charge on any atom is -0.363 e. The fraction of sp³-hybridized carbons (Fsp3) is 0.692. The molecule has 0 aliphatic carbocycles. The standard InChI is InChI=1S/C13H25N3O2S/c1-4-7-14-9-12-8-13(10-15-12)19(17,18)16-11(5-2)6-3/h8,10-11,14-16H,4-7,9H2,1-3H3. The lowest BCUT2D eigenvalue weighted by Crippen LogP contribution is -2.33. The van der Waals surface area contributed by atoms with E-state index in [1.54, 1.807) is 12.3 Å². The summed E-state index contributed by atoms with van der Waals surface area (Å²) in [5.41, 5.74) is 0.887. The van der Waals surface area contributed by atoms with Crippen molar-refractivity contribution in [2.24, 2.45) is 0 Å². The van der Waals surface area contributed by atoms with Crippen molar-refractivity contribution in [3.63, 3.8) is 0 Å². The summed E-state index contributed by atoms with van der Waals surface area (Å²) in [6.07, 6.45) is 4.20. The van der Waals surface area contributed by atoms with Gasteiger partial charge in [0.1, 0.15) is 0 Å². The molecule has 5 nitrogen and oxygen atoms in total. The molecule has 0 fully saturated rings. The zero-order valence-corrected chi connectivity index (χ0v) is 12.8. The number of rotatable bonds is 9. The maximum atomic E-state index is 12.2. The lowest BCUT2D eigenvalue weighted by molar-refractivity contribution is 0.530. The summed E-state index contributed by atoms with van der Waals surface area (Å²) in [6, 6.07) is 1.69. The average Bonchev–Trinajstić information content (AvgIpc) is 2.86. The zero-order chi connectivity index (χ0) is 14.3. The first kappa shape index (κ1) is 16.2. The van der Waals surface area contributed by atoms with Gasteiger partial charge in [0.05, 0.1) is 4.90 Å². The minimum atomic E-state index is -3.40. The normalized spacial score (nSPS) is 12.2. The Hall–Kier alpha value is -0.850. The van der Waals surface area contributed by atoms with Crippen LogP contribution in [0.4, 0.5) is 0 Å². The monoisotopic (exact) mass is 287 g/mol. The Balaban J connectivity index is 2.68. The summed E-state index contributed by atoms with van der Waals surface area (Å²) >= 11 is 0. The number of nitrogens with one attached hydrogen (secondary N) is 3. The van der Waals surface area contributed by atoms with Crippen LogP contribution in [0.3, 0.4) is 0 Å². The van der Waals surface area contributed by atoms with Gasteiger partial charge in [-0.05, 0) is 31.9 Å². The third kappa shape index (κ3) is 4.97. The first-order valence-electron chi connectivity index (χ1n) is 6.93. The lowest BCUT2D eigenvalue weighted by atomic mass is 10.2. The molecule has 0 unspecified atom stereocenters. The number of hydrogen-bond acceptors (Lipinski definition) is 3. The summed E-state index contributed by atoms with van der Waals surface area (Å²) in [6.45, 7) is 7.64. The Kier molecular flexibility index (Phi) is 6.54. The maximum Gasteiger partial charge on any atom is 0.242 e. The van der Waals surface area contributed by atoms with Gasteiger partial charge in [0.15, 0.2) is 0 Å². The Morgan fingerprint density at radius 1 is 1.26 bits per heavy atom. The summed E-state index contributed by atoms with van der Waals surface area (Å²) in [7, 11) is -3.40. The summed E-state index contributed by atoms with van der Waals surface area (Å²) in [5.74, 6) is 0. The molecule has 0 radical (unpaired) electrons. The van der Waals surface area contributed by atoms with Gasteiger partial charge in [-0.1, -0.05) is 20.8 Å². The van der Waals surface area contributed by atoms with Gasteiger partial charge in [0, 0.05) is 24.5 Å². The first-order valence-corrected chi connectivity index (χ1v) is 8.42. The van der Waals surface area contributed by atoms with Crippen LogP contribution in [0.1, 0.15) is 45.7 Å². The highest BCUT2D eigenvalue weighted by Gasteiger charge is 2.19. The fourth-order valence-electron chi connectivity index (χ4n) is 1.82. The third-order valence-electron chi connectivity index (χ3n) is 3.08. The molecule has 0 amide bonds. The minimum absolute atomic E-state index is 0.00145. The van der Waals surface area contributed by atoms with E-state index in [2.05, 4.69) is 21.9 Å². The smallest absolute Gasteiger partial charge is 0.242 e. The largest absolute Gasteiger partial charge is 0.363 e. The van der Waals surface area contributed by atoms with E-state index in [0.29, 0.717) is 11.4 Å². The highest BCUT2D eigenvalue weighted by Crippen LogP contribution is 2.12. The van der Waals surface area contributed by atoms with Gasteiger partial charge in [-0.2, -0.15) is 0 Å². The van der Waals surface area contributed by atoms with Gasteiger partial charge < -0.3 is 10.3 Å². The molecule has 3 N–H and O–H groups in total. The van der Waals surface area contributed by atoms with Crippen molar-refractivity contribution in [2.45, 2.75) is 57.5 Å². The second kappa shape index (κ2) is 7.67. The molecule has 110 valence electrons. The molecule has 0 aromatic carbocycles.